The molecule has 4 rings (SSSR count). The highest BCUT2D eigenvalue weighted by Crippen LogP contribution is 2.42. The lowest BCUT2D eigenvalue weighted by Gasteiger charge is -2.24. The van der Waals surface area contributed by atoms with Crippen molar-refractivity contribution in [2.45, 2.75) is 10.3 Å². The average Bonchev–Trinajstić information content (AvgIpc) is 3.12. The fraction of sp³-hybridized carbons (Fsp3) is 0.158. The number of sulfonamides is 1. The Balaban J connectivity index is 1.75. The predicted molar refractivity (Wildman–Crippen MR) is 104 cm³/mol. The van der Waals surface area contributed by atoms with Crippen molar-refractivity contribution in [1.82, 2.24) is 4.31 Å². The fourth-order valence-corrected chi connectivity index (χ4v) is 6.55. The highest BCUT2D eigenvalue weighted by molar-refractivity contribution is 8.01. The van der Waals surface area contributed by atoms with Gasteiger partial charge in [0.1, 0.15) is 0 Å². The summed E-state index contributed by atoms with van der Waals surface area (Å²) >= 11 is 7.72. The summed E-state index contributed by atoms with van der Waals surface area (Å²) in [5, 5.41) is 2.33. The van der Waals surface area contributed by atoms with Crippen LogP contribution in [0.15, 0.2) is 71.6 Å². The van der Waals surface area contributed by atoms with Gasteiger partial charge >= 0.3 is 0 Å². The standard InChI is InChI=1S/C19H16ClNO2S2/c20-17-7-3-6-16(12-17)19-21(10-11-24-19)25(22,23)18-9-8-14-4-1-2-5-15(14)13-18/h1-9,12-13,19H,10-11H2/t19-/m1/s1. The van der Waals surface area contributed by atoms with Gasteiger partial charge in [-0.15, -0.1) is 11.8 Å². The van der Waals surface area contributed by atoms with Crippen molar-refractivity contribution in [2.24, 2.45) is 0 Å². The summed E-state index contributed by atoms with van der Waals surface area (Å²) in [5.41, 5.74) is 0.916. The van der Waals surface area contributed by atoms with Crippen molar-refractivity contribution in [2.75, 3.05) is 12.3 Å². The normalized spacial score (nSPS) is 18.7. The number of benzene rings is 3. The second kappa shape index (κ2) is 6.65. The Labute approximate surface area is 156 Å². The molecule has 1 saturated heterocycles. The van der Waals surface area contributed by atoms with Crippen LogP contribution in [0.5, 0.6) is 0 Å². The minimum absolute atomic E-state index is 0.241. The number of hydrogen-bond donors (Lipinski definition) is 0. The molecule has 0 amide bonds. The summed E-state index contributed by atoms with van der Waals surface area (Å²) in [7, 11) is -3.57. The summed E-state index contributed by atoms with van der Waals surface area (Å²) in [5.74, 6) is 0.768. The van der Waals surface area contributed by atoms with Crippen LogP contribution in [0.4, 0.5) is 0 Å². The quantitative estimate of drug-likeness (QED) is 0.637. The van der Waals surface area contributed by atoms with Crippen LogP contribution in [0, 0.1) is 0 Å². The van der Waals surface area contributed by atoms with Gasteiger partial charge in [0.25, 0.3) is 0 Å². The highest BCUT2D eigenvalue weighted by Gasteiger charge is 2.36. The molecule has 1 fully saturated rings. The van der Waals surface area contributed by atoms with Crippen molar-refractivity contribution >= 4 is 44.2 Å². The van der Waals surface area contributed by atoms with E-state index in [1.54, 1.807) is 34.3 Å². The van der Waals surface area contributed by atoms with Crippen LogP contribution in [0.1, 0.15) is 10.9 Å². The minimum atomic E-state index is -3.57. The Morgan fingerprint density at radius 2 is 1.76 bits per heavy atom. The summed E-state index contributed by atoms with van der Waals surface area (Å²) in [6.45, 7) is 0.497. The summed E-state index contributed by atoms with van der Waals surface area (Å²) in [6.07, 6.45) is 0. The van der Waals surface area contributed by atoms with E-state index in [0.29, 0.717) is 16.5 Å². The number of thioether (sulfide) groups is 1. The third-order valence-corrected chi connectivity index (χ3v) is 7.80. The van der Waals surface area contributed by atoms with Crippen LogP contribution in [0.2, 0.25) is 5.02 Å². The molecule has 0 aromatic heterocycles. The van der Waals surface area contributed by atoms with E-state index < -0.39 is 10.0 Å². The highest BCUT2D eigenvalue weighted by atomic mass is 35.5. The number of rotatable bonds is 3. The van der Waals surface area contributed by atoms with Gasteiger partial charge in [-0.3, -0.25) is 0 Å². The van der Waals surface area contributed by atoms with Crippen molar-refractivity contribution in [3.8, 4) is 0 Å². The van der Waals surface area contributed by atoms with Gasteiger partial charge in [-0.05, 0) is 40.6 Å². The third-order valence-electron chi connectivity index (χ3n) is 4.31. The van der Waals surface area contributed by atoms with E-state index in [9.17, 15) is 8.42 Å². The molecule has 3 aromatic rings. The zero-order valence-corrected chi connectivity index (χ0v) is 15.7. The van der Waals surface area contributed by atoms with Gasteiger partial charge in [-0.25, -0.2) is 8.42 Å². The van der Waals surface area contributed by atoms with E-state index >= 15 is 0 Å². The van der Waals surface area contributed by atoms with Gasteiger partial charge in [-0.2, -0.15) is 4.31 Å². The van der Waals surface area contributed by atoms with Gasteiger partial charge in [0.15, 0.2) is 0 Å². The Kier molecular flexibility index (Phi) is 4.50. The molecule has 6 heteroatoms. The molecule has 128 valence electrons. The topological polar surface area (TPSA) is 37.4 Å². The van der Waals surface area contributed by atoms with Crippen LogP contribution in [0.25, 0.3) is 10.8 Å². The first-order valence-corrected chi connectivity index (χ1v) is 10.8. The van der Waals surface area contributed by atoms with Gasteiger partial charge in [0, 0.05) is 17.3 Å². The van der Waals surface area contributed by atoms with Crippen molar-refractivity contribution in [1.29, 1.82) is 0 Å². The van der Waals surface area contributed by atoms with Crippen molar-refractivity contribution in [3.05, 3.63) is 77.3 Å². The summed E-state index contributed by atoms with van der Waals surface area (Å²) in [4.78, 5) is 0.334. The lowest BCUT2D eigenvalue weighted by molar-refractivity contribution is 0.434. The fourth-order valence-electron chi connectivity index (χ4n) is 3.09. The van der Waals surface area contributed by atoms with Crippen LogP contribution in [-0.4, -0.2) is 25.0 Å². The molecule has 3 nitrogen and oxygen atoms in total. The molecule has 1 aliphatic rings. The molecule has 0 spiro atoms. The van der Waals surface area contributed by atoms with Crippen LogP contribution < -0.4 is 0 Å². The van der Waals surface area contributed by atoms with Crippen LogP contribution >= 0.6 is 23.4 Å². The Morgan fingerprint density at radius 3 is 2.56 bits per heavy atom. The lowest BCUT2D eigenvalue weighted by atomic mass is 10.1. The van der Waals surface area contributed by atoms with Gasteiger partial charge in [0.05, 0.1) is 10.3 Å². The second-order valence-electron chi connectivity index (χ2n) is 5.90. The number of fused-ring (bicyclic) bond motifs is 1. The average molecular weight is 390 g/mol. The molecular formula is C19H16ClNO2S2. The number of halogens is 1. The Morgan fingerprint density at radius 1 is 0.960 bits per heavy atom. The second-order valence-corrected chi connectivity index (χ2v) is 9.42. The number of hydrogen-bond acceptors (Lipinski definition) is 3. The molecule has 1 atom stereocenters. The van der Waals surface area contributed by atoms with E-state index in [1.807, 2.05) is 48.5 Å². The molecule has 0 unspecified atom stereocenters. The third kappa shape index (κ3) is 3.17. The smallest absolute Gasteiger partial charge is 0.207 e. The van der Waals surface area contributed by atoms with E-state index in [1.165, 1.54) is 0 Å². The van der Waals surface area contributed by atoms with Crippen molar-refractivity contribution < 1.29 is 8.42 Å². The van der Waals surface area contributed by atoms with Crippen molar-refractivity contribution in [3.63, 3.8) is 0 Å². The molecule has 1 aliphatic heterocycles. The van der Waals surface area contributed by atoms with E-state index in [0.717, 1.165) is 22.1 Å². The van der Waals surface area contributed by atoms with Crippen LogP contribution in [-0.2, 0) is 10.0 Å². The largest absolute Gasteiger partial charge is 0.244 e. The molecule has 0 bridgehead atoms. The summed E-state index contributed by atoms with van der Waals surface area (Å²) < 4.78 is 28.0. The molecule has 0 saturated carbocycles. The Bertz CT molecular complexity index is 1040. The summed E-state index contributed by atoms with van der Waals surface area (Å²) in [6, 6.07) is 20.5. The zero-order chi connectivity index (χ0) is 17.4. The minimum Gasteiger partial charge on any atom is -0.207 e. The molecule has 0 radical (unpaired) electrons. The van der Waals surface area contributed by atoms with Gasteiger partial charge in [-0.1, -0.05) is 54.1 Å². The predicted octanol–water partition coefficient (Wildman–Crippen LogP) is 4.93. The maximum absolute atomic E-state index is 13.2. The molecule has 1 heterocycles. The molecule has 0 N–H and O–H groups in total. The maximum Gasteiger partial charge on any atom is 0.244 e. The van der Waals surface area contributed by atoms with E-state index in [4.69, 9.17) is 11.6 Å². The maximum atomic E-state index is 13.2. The molecule has 25 heavy (non-hydrogen) atoms. The van der Waals surface area contributed by atoms with Gasteiger partial charge < -0.3 is 0 Å². The molecule has 0 aliphatic carbocycles. The van der Waals surface area contributed by atoms with Gasteiger partial charge in [0.2, 0.25) is 10.0 Å². The SMILES string of the molecule is O=S(=O)(c1ccc2ccccc2c1)N1CCS[C@@H]1c1cccc(Cl)c1. The first kappa shape index (κ1) is 16.9. The zero-order valence-electron chi connectivity index (χ0n) is 13.3. The number of nitrogens with zero attached hydrogens (tertiary/aromatic N) is 1. The first-order chi connectivity index (χ1) is 12.1. The monoisotopic (exact) mass is 389 g/mol. The van der Waals surface area contributed by atoms with E-state index in [2.05, 4.69) is 0 Å². The van der Waals surface area contributed by atoms with E-state index in [-0.39, 0.29) is 5.37 Å². The first-order valence-electron chi connectivity index (χ1n) is 7.93. The molecule has 3 aromatic carbocycles. The lowest BCUT2D eigenvalue weighted by Crippen LogP contribution is -2.30. The van der Waals surface area contributed by atoms with Crippen LogP contribution in [0.3, 0.4) is 0 Å². The molecular weight excluding hydrogens is 374 g/mol. The Hall–Kier alpha value is -1.53.